The lowest BCUT2D eigenvalue weighted by Gasteiger charge is -2.14. The van der Waals surface area contributed by atoms with Crippen LogP contribution in [0.15, 0.2) is 47.6 Å². The molecule has 1 N–H and O–H groups in total. The molecule has 9 heteroatoms. The number of methoxy groups -OCH3 is 3. The number of para-hydroxylation sites is 1. The summed E-state index contributed by atoms with van der Waals surface area (Å²) in [4.78, 5) is 0. The van der Waals surface area contributed by atoms with E-state index in [1.807, 2.05) is 42.5 Å². The van der Waals surface area contributed by atoms with Crippen LogP contribution in [0.1, 0.15) is 12.0 Å². The van der Waals surface area contributed by atoms with Gasteiger partial charge in [0.05, 0.1) is 27.0 Å². The highest BCUT2D eigenvalue weighted by molar-refractivity contribution is 7.99. The van der Waals surface area contributed by atoms with Gasteiger partial charge in [0, 0.05) is 12.3 Å². The van der Waals surface area contributed by atoms with Crippen LogP contribution in [0.4, 0.5) is 0 Å². The fourth-order valence-electron chi connectivity index (χ4n) is 2.83. The number of aromatic nitrogens is 4. The Morgan fingerprint density at radius 1 is 1.00 bits per heavy atom. The van der Waals surface area contributed by atoms with E-state index in [2.05, 4.69) is 20.8 Å². The van der Waals surface area contributed by atoms with Crippen molar-refractivity contribution in [1.29, 1.82) is 0 Å². The van der Waals surface area contributed by atoms with Gasteiger partial charge in [0.1, 0.15) is 0 Å². The minimum atomic E-state index is 0.603. The van der Waals surface area contributed by atoms with Crippen molar-refractivity contribution >= 4 is 11.8 Å². The van der Waals surface area contributed by atoms with Crippen molar-refractivity contribution in [2.45, 2.75) is 18.1 Å². The maximum atomic E-state index is 5.40. The third-order valence-corrected chi connectivity index (χ3v) is 5.23. The van der Waals surface area contributed by atoms with Crippen molar-refractivity contribution in [3.05, 3.63) is 48.0 Å². The van der Waals surface area contributed by atoms with Crippen LogP contribution in [0.3, 0.4) is 0 Å². The molecule has 0 saturated heterocycles. The fraction of sp³-hybridized carbons (Fsp3) is 0.350. The second-order valence-corrected chi connectivity index (χ2v) is 7.18. The summed E-state index contributed by atoms with van der Waals surface area (Å²) < 4.78 is 17.9. The zero-order valence-corrected chi connectivity index (χ0v) is 17.6. The van der Waals surface area contributed by atoms with Crippen molar-refractivity contribution in [3.8, 4) is 22.9 Å². The number of thioether (sulfide) groups is 1. The van der Waals surface area contributed by atoms with E-state index >= 15 is 0 Å². The van der Waals surface area contributed by atoms with Gasteiger partial charge < -0.3 is 19.5 Å². The van der Waals surface area contributed by atoms with E-state index in [-0.39, 0.29) is 0 Å². The normalized spacial score (nSPS) is 10.7. The maximum absolute atomic E-state index is 5.40. The van der Waals surface area contributed by atoms with Crippen molar-refractivity contribution in [1.82, 2.24) is 25.5 Å². The molecule has 2 aromatic carbocycles. The van der Waals surface area contributed by atoms with Gasteiger partial charge in [0.15, 0.2) is 11.5 Å². The number of nitrogens with one attached hydrogen (secondary N) is 1. The highest BCUT2D eigenvalue weighted by Gasteiger charge is 2.13. The summed E-state index contributed by atoms with van der Waals surface area (Å²) in [6.45, 7) is 1.58. The van der Waals surface area contributed by atoms with Crippen molar-refractivity contribution in [2.75, 3.05) is 33.6 Å². The predicted molar refractivity (Wildman–Crippen MR) is 112 cm³/mol. The van der Waals surface area contributed by atoms with Crippen LogP contribution < -0.4 is 19.5 Å². The number of nitrogens with zero attached hydrogens (tertiary/aromatic N) is 4. The predicted octanol–water partition coefficient (Wildman–Crippen LogP) is 2.96. The number of tetrazole rings is 1. The van der Waals surface area contributed by atoms with Gasteiger partial charge in [-0.3, -0.25) is 0 Å². The smallest absolute Gasteiger partial charge is 0.214 e. The summed E-state index contributed by atoms with van der Waals surface area (Å²) in [7, 11) is 4.84. The number of hydrogen-bond acceptors (Lipinski definition) is 8. The average molecular weight is 416 g/mol. The first-order chi connectivity index (χ1) is 14.3. The summed E-state index contributed by atoms with van der Waals surface area (Å²) in [6, 6.07) is 13.8. The van der Waals surface area contributed by atoms with E-state index < -0.39 is 0 Å². The van der Waals surface area contributed by atoms with Crippen LogP contribution in [0, 0.1) is 0 Å². The minimum Gasteiger partial charge on any atom is -0.493 e. The molecular weight excluding hydrogens is 390 g/mol. The van der Waals surface area contributed by atoms with Gasteiger partial charge in [0.25, 0.3) is 0 Å². The minimum absolute atomic E-state index is 0.603. The van der Waals surface area contributed by atoms with E-state index in [0.717, 1.165) is 35.1 Å². The molecule has 0 spiro atoms. The van der Waals surface area contributed by atoms with E-state index in [9.17, 15) is 0 Å². The van der Waals surface area contributed by atoms with E-state index in [0.29, 0.717) is 23.8 Å². The van der Waals surface area contributed by atoms with Crippen LogP contribution in [-0.2, 0) is 6.54 Å². The lowest BCUT2D eigenvalue weighted by Crippen LogP contribution is -2.15. The molecule has 0 saturated carbocycles. The molecule has 8 nitrogen and oxygen atoms in total. The maximum Gasteiger partial charge on any atom is 0.214 e. The highest BCUT2D eigenvalue weighted by atomic mass is 32.2. The lowest BCUT2D eigenvalue weighted by atomic mass is 10.1. The van der Waals surface area contributed by atoms with Gasteiger partial charge in [-0.05, 0) is 53.2 Å². The molecule has 0 fully saturated rings. The Morgan fingerprint density at radius 2 is 1.72 bits per heavy atom. The van der Waals surface area contributed by atoms with Crippen LogP contribution in [0.5, 0.6) is 17.2 Å². The SMILES string of the molecule is COc1cc(CNCCCSc2nnnn2-c2ccccc2)cc(OC)c1OC. The second kappa shape index (κ2) is 10.7. The van der Waals surface area contributed by atoms with Gasteiger partial charge in [0.2, 0.25) is 10.9 Å². The molecule has 0 radical (unpaired) electrons. The largest absolute Gasteiger partial charge is 0.493 e. The van der Waals surface area contributed by atoms with Crippen LogP contribution in [0.2, 0.25) is 0 Å². The molecule has 29 heavy (non-hydrogen) atoms. The summed E-state index contributed by atoms with van der Waals surface area (Å²) >= 11 is 1.64. The molecule has 1 heterocycles. The molecule has 0 aliphatic rings. The molecule has 0 unspecified atom stereocenters. The first-order valence-electron chi connectivity index (χ1n) is 9.23. The Hall–Kier alpha value is -2.78. The van der Waals surface area contributed by atoms with E-state index in [1.165, 1.54) is 0 Å². The Balaban J connectivity index is 1.46. The Morgan fingerprint density at radius 3 is 2.38 bits per heavy atom. The summed E-state index contributed by atoms with van der Waals surface area (Å²) in [5.41, 5.74) is 2.03. The molecule has 0 aliphatic heterocycles. The number of hydrogen-bond donors (Lipinski definition) is 1. The molecule has 3 aromatic rings. The monoisotopic (exact) mass is 415 g/mol. The zero-order valence-electron chi connectivity index (χ0n) is 16.8. The van der Waals surface area contributed by atoms with Gasteiger partial charge in [-0.25, -0.2) is 0 Å². The summed E-state index contributed by atoms with van der Waals surface area (Å²) in [5, 5.41) is 16.2. The first-order valence-corrected chi connectivity index (χ1v) is 10.2. The van der Waals surface area contributed by atoms with Crippen LogP contribution in [-0.4, -0.2) is 53.8 Å². The number of benzene rings is 2. The standard InChI is InChI=1S/C20H25N5O3S/c1-26-17-12-15(13-18(27-2)19(17)28-3)14-21-10-7-11-29-20-22-23-24-25(20)16-8-5-4-6-9-16/h4-6,8-9,12-13,21H,7,10-11,14H2,1-3H3. The van der Waals surface area contributed by atoms with E-state index in [1.54, 1.807) is 37.8 Å². The Bertz CT molecular complexity index is 879. The summed E-state index contributed by atoms with van der Waals surface area (Å²) in [5.74, 6) is 2.83. The van der Waals surface area contributed by atoms with Gasteiger partial charge in [-0.2, -0.15) is 4.68 Å². The third-order valence-electron chi connectivity index (χ3n) is 4.22. The second-order valence-electron chi connectivity index (χ2n) is 6.12. The average Bonchev–Trinajstić information content (AvgIpc) is 3.24. The van der Waals surface area contributed by atoms with Gasteiger partial charge in [-0.1, -0.05) is 30.0 Å². The molecule has 0 aliphatic carbocycles. The van der Waals surface area contributed by atoms with Gasteiger partial charge >= 0.3 is 0 Å². The molecule has 0 atom stereocenters. The van der Waals surface area contributed by atoms with Crippen LogP contribution >= 0.6 is 11.8 Å². The molecular formula is C20H25N5O3S. The molecule has 3 rings (SSSR count). The third kappa shape index (κ3) is 5.39. The van der Waals surface area contributed by atoms with E-state index in [4.69, 9.17) is 14.2 Å². The number of ether oxygens (including phenoxy) is 3. The molecule has 0 amide bonds. The summed E-state index contributed by atoms with van der Waals surface area (Å²) in [6.07, 6.45) is 0.983. The zero-order chi connectivity index (χ0) is 20.5. The van der Waals surface area contributed by atoms with Crippen molar-refractivity contribution in [3.63, 3.8) is 0 Å². The molecule has 154 valence electrons. The first kappa shape index (κ1) is 20.9. The number of rotatable bonds is 11. The van der Waals surface area contributed by atoms with Crippen molar-refractivity contribution < 1.29 is 14.2 Å². The van der Waals surface area contributed by atoms with Gasteiger partial charge in [-0.15, -0.1) is 5.10 Å². The fourth-order valence-corrected chi connectivity index (χ4v) is 3.66. The quantitative estimate of drug-likeness (QED) is 0.378. The van der Waals surface area contributed by atoms with Crippen molar-refractivity contribution in [2.24, 2.45) is 0 Å². The Labute approximate surface area is 174 Å². The highest BCUT2D eigenvalue weighted by Crippen LogP contribution is 2.38. The van der Waals surface area contributed by atoms with Crippen LogP contribution in [0.25, 0.3) is 5.69 Å². The topological polar surface area (TPSA) is 83.3 Å². The molecule has 0 bridgehead atoms. The Kier molecular flexibility index (Phi) is 7.71. The molecule has 1 aromatic heterocycles. The lowest BCUT2D eigenvalue weighted by molar-refractivity contribution is 0.323.